The number of benzene rings is 1. The second-order valence-electron chi connectivity index (χ2n) is 4.70. The zero-order valence-corrected chi connectivity index (χ0v) is 9.96. The highest BCUT2D eigenvalue weighted by Gasteiger charge is 2.51. The Hall–Kier alpha value is -1.44. The van der Waals surface area contributed by atoms with Crippen LogP contribution in [0.2, 0.25) is 0 Å². The van der Waals surface area contributed by atoms with E-state index in [1.807, 2.05) is 0 Å². The molecule has 0 aromatic heterocycles. The van der Waals surface area contributed by atoms with E-state index in [1.165, 1.54) is 16.7 Å². The van der Waals surface area contributed by atoms with Crippen LogP contribution in [0.1, 0.15) is 23.1 Å². The zero-order valence-electron chi connectivity index (χ0n) is 9.96. The van der Waals surface area contributed by atoms with Crippen molar-refractivity contribution in [1.29, 1.82) is 0 Å². The number of ether oxygens (including phenoxy) is 2. The average Bonchev–Trinajstić information content (AvgIpc) is 2.98. The van der Waals surface area contributed by atoms with E-state index in [4.69, 9.17) is 9.47 Å². The standard InChI is InChI=1S/C14H16O2/c1-9-4-5-11-6-7-14(8-12(14)15-3)16-13(11)10(9)2/h4-5,8H,6-7H2,1-3H3. The SMILES string of the molecule is COC1=CC12CCc1ccc(C)c(C)c1O2. The first-order valence-electron chi connectivity index (χ1n) is 5.72. The van der Waals surface area contributed by atoms with Gasteiger partial charge in [-0.1, -0.05) is 12.1 Å². The molecule has 0 bridgehead atoms. The van der Waals surface area contributed by atoms with Gasteiger partial charge in [0.1, 0.15) is 11.5 Å². The van der Waals surface area contributed by atoms with Crippen LogP contribution >= 0.6 is 0 Å². The fraction of sp³-hybridized carbons (Fsp3) is 0.429. The minimum absolute atomic E-state index is 0.208. The van der Waals surface area contributed by atoms with Gasteiger partial charge in [-0.2, -0.15) is 0 Å². The molecule has 2 nitrogen and oxygen atoms in total. The molecule has 2 aliphatic rings. The summed E-state index contributed by atoms with van der Waals surface area (Å²) in [6.45, 7) is 4.25. The van der Waals surface area contributed by atoms with Crippen molar-refractivity contribution in [2.45, 2.75) is 32.3 Å². The van der Waals surface area contributed by atoms with E-state index < -0.39 is 0 Å². The van der Waals surface area contributed by atoms with Gasteiger partial charge in [0.2, 0.25) is 0 Å². The number of rotatable bonds is 1. The normalized spacial score (nSPS) is 25.8. The molecule has 84 valence electrons. The summed E-state index contributed by atoms with van der Waals surface area (Å²) in [7, 11) is 1.71. The largest absolute Gasteiger partial charge is 0.497 e. The second-order valence-corrected chi connectivity index (χ2v) is 4.70. The van der Waals surface area contributed by atoms with Gasteiger partial charge in [0.05, 0.1) is 7.11 Å². The topological polar surface area (TPSA) is 18.5 Å². The fourth-order valence-electron chi connectivity index (χ4n) is 2.42. The predicted octanol–water partition coefficient (Wildman–Crippen LogP) is 2.91. The van der Waals surface area contributed by atoms with Crippen molar-refractivity contribution in [2.75, 3.05) is 7.11 Å². The van der Waals surface area contributed by atoms with E-state index >= 15 is 0 Å². The average molecular weight is 216 g/mol. The summed E-state index contributed by atoms with van der Waals surface area (Å²) in [5.41, 5.74) is 3.66. The maximum atomic E-state index is 6.13. The summed E-state index contributed by atoms with van der Waals surface area (Å²) >= 11 is 0. The maximum Gasteiger partial charge on any atom is 0.187 e. The monoisotopic (exact) mass is 216 g/mol. The summed E-state index contributed by atoms with van der Waals surface area (Å²) in [6, 6.07) is 4.35. The molecule has 3 rings (SSSR count). The van der Waals surface area contributed by atoms with Crippen molar-refractivity contribution >= 4 is 0 Å². The maximum absolute atomic E-state index is 6.13. The molecule has 16 heavy (non-hydrogen) atoms. The number of hydrogen-bond donors (Lipinski definition) is 0. The van der Waals surface area contributed by atoms with Crippen LogP contribution in [-0.2, 0) is 11.2 Å². The Morgan fingerprint density at radius 2 is 2.12 bits per heavy atom. The van der Waals surface area contributed by atoms with Crippen LogP contribution in [0.25, 0.3) is 0 Å². The number of fused-ring (bicyclic) bond motifs is 1. The molecule has 0 amide bonds. The summed E-state index contributed by atoms with van der Waals surface area (Å²) in [6.07, 6.45) is 4.16. The molecule has 1 aliphatic carbocycles. The summed E-state index contributed by atoms with van der Waals surface area (Å²) < 4.78 is 11.4. The Labute approximate surface area is 95.9 Å². The van der Waals surface area contributed by atoms with E-state index in [-0.39, 0.29) is 5.60 Å². The summed E-state index contributed by atoms with van der Waals surface area (Å²) in [5.74, 6) is 2.05. The van der Waals surface area contributed by atoms with E-state index in [1.54, 1.807) is 7.11 Å². The Balaban J connectivity index is 1.97. The first-order valence-corrected chi connectivity index (χ1v) is 5.72. The molecule has 1 heterocycles. The van der Waals surface area contributed by atoms with Crippen molar-refractivity contribution in [3.63, 3.8) is 0 Å². The predicted molar refractivity (Wildman–Crippen MR) is 62.7 cm³/mol. The van der Waals surface area contributed by atoms with Gasteiger partial charge in [-0.3, -0.25) is 0 Å². The number of hydrogen-bond acceptors (Lipinski definition) is 2. The minimum Gasteiger partial charge on any atom is -0.497 e. The molecule has 1 aromatic rings. The van der Waals surface area contributed by atoms with Crippen LogP contribution < -0.4 is 4.74 Å². The van der Waals surface area contributed by atoms with E-state index in [9.17, 15) is 0 Å². The van der Waals surface area contributed by atoms with E-state index in [2.05, 4.69) is 32.1 Å². The molecule has 0 N–H and O–H groups in total. The number of methoxy groups -OCH3 is 1. The second kappa shape index (κ2) is 3.03. The van der Waals surface area contributed by atoms with Gasteiger partial charge in [0, 0.05) is 12.5 Å². The van der Waals surface area contributed by atoms with Crippen LogP contribution in [0.3, 0.4) is 0 Å². The lowest BCUT2D eigenvalue weighted by atomic mass is 9.95. The van der Waals surface area contributed by atoms with Crippen molar-refractivity contribution in [3.05, 3.63) is 40.7 Å². The molecule has 1 aliphatic heterocycles. The van der Waals surface area contributed by atoms with Crippen LogP contribution in [0.4, 0.5) is 0 Å². The Kier molecular flexibility index (Phi) is 1.85. The van der Waals surface area contributed by atoms with Gasteiger partial charge in [-0.15, -0.1) is 0 Å². The first kappa shape index (κ1) is 9.76. The third-order valence-corrected chi connectivity index (χ3v) is 3.73. The third kappa shape index (κ3) is 1.19. The lowest BCUT2D eigenvalue weighted by molar-refractivity contribution is 0.120. The van der Waals surface area contributed by atoms with Gasteiger partial charge >= 0.3 is 0 Å². The van der Waals surface area contributed by atoms with Crippen molar-refractivity contribution < 1.29 is 9.47 Å². The van der Waals surface area contributed by atoms with Crippen LogP contribution in [0.5, 0.6) is 5.75 Å². The minimum atomic E-state index is -0.208. The van der Waals surface area contributed by atoms with Crippen molar-refractivity contribution in [2.24, 2.45) is 0 Å². The lowest BCUT2D eigenvalue weighted by Crippen LogP contribution is -2.29. The quantitative estimate of drug-likeness (QED) is 0.718. The Morgan fingerprint density at radius 1 is 1.31 bits per heavy atom. The zero-order chi connectivity index (χ0) is 11.3. The molecule has 0 saturated heterocycles. The van der Waals surface area contributed by atoms with Crippen LogP contribution in [0.15, 0.2) is 24.0 Å². The summed E-state index contributed by atoms with van der Waals surface area (Å²) in [5, 5.41) is 0. The van der Waals surface area contributed by atoms with Crippen LogP contribution in [-0.4, -0.2) is 12.7 Å². The fourth-order valence-corrected chi connectivity index (χ4v) is 2.42. The van der Waals surface area contributed by atoms with Crippen molar-refractivity contribution in [3.8, 4) is 5.75 Å². The Bertz CT molecular complexity index is 488. The highest BCUT2D eigenvalue weighted by molar-refractivity contribution is 5.52. The van der Waals surface area contributed by atoms with Gasteiger partial charge in [-0.05, 0) is 37.0 Å². The molecule has 1 unspecified atom stereocenters. The summed E-state index contributed by atoms with van der Waals surface area (Å²) in [4.78, 5) is 0. The lowest BCUT2D eigenvalue weighted by Gasteiger charge is -2.29. The molecule has 0 saturated carbocycles. The van der Waals surface area contributed by atoms with E-state index in [0.29, 0.717) is 0 Å². The highest BCUT2D eigenvalue weighted by Crippen LogP contribution is 2.48. The van der Waals surface area contributed by atoms with Crippen molar-refractivity contribution in [1.82, 2.24) is 0 Å². The van der Waals surface area contributed by atoms with Gasteiger partial charge < -0.3 is 9.47 Å². The number of aryl methyl sites for hydroxylation is 2. The molecule has 1 atom stereocenters. The molecule has 1 aromatic carbocycles. The molecule has 1 spiro atoms. The van der Waals surface area contributed by atoms with Gasteiger partial charge in [-0.25, -0.2) is 0 Å². The molecule has 0 radical (unpaired) electrons. The highest BCUT2D eigenvalue weighted by atomic mass is 16.6. The molecule has 0 fully saturated rings. The first-order chi connectivity index (χ1) is 7.66. The molecule has 2 heteroatoms. The van der Waals surface area contributed by atoms with E-state index in [0.717, 1.165) is 24.4 Å². The molecular formula is C14H16O2. The third-order valence-electron chi connectivity index (χ3n) is 3.73. The Morgan fingerprint density at radius 3 is 2.81 bits per heavy atom. The van der Waals surface area contributed by atoms with Gasteiger partial charge in [0.15, 0.2) is 5.60 Å². The molecular weight excluding hydrogens is 200 g/mol. The smallest absolute Gasteiger partial charge is 0.187 e. The van der Waals surface area contributed by atoms with Crippen LogP contribution in [0, 0.1) is 13.8 Å². The van der Waals surface area contributed by atoms with Gasteiger partial charge in [0.25, 0.3) is 0 Å².